The highest BCUT2D eigenvalue weighted by Crippen LogP contribution is 2.31. The van der Waals surface area contributed by atoms with E-state index in [0.717, 1.165) is 20.0 Å². The molecule has 0 radical (unpaired) electrons. The van der Waals surface area contributed by atoms with Gasteiger partial charge < -0.3 is 5.73 Å². The molecule has 0 amide bonds. The van der Waals surface area contributed by atoms with E-state index in [1.165, 1.54) is 0 Å². The Morgan fingerprint density at radius 3 is 2.53 bits per heavy atom. The van der Waals surface area contributed by atoms with E-state index in [9.17, 15) is 0 Å². The lowest BCUT2D eigenvalue weighted by molar-refractivity contribution is 1.11. The number of amidine groups is 1. The van der Waals surface area contributed by atoms with Crippen LogP contribution < -0.4 is 5.73 Å². The molecule has 3 nitrogen and oxygen atoms in total. The average Bonchev–Trinajstić information content (AvgIpc) is 2.33. The molecule has 0 saturated carbocycles. The first kappa shape index (κ1) is 12.1. The largest absolute Gasteiger partial charge is 0.384 e. The lowest BCUT2D eigenvalue weighted by atomic mass is 10.2. The van der Waals surface area contributed by atoms with Gasteiger partial charge in [-0.05, 0) is 40.2 Å². The van der Waals surface area contributed by atoms with Crippen molar-refractivity contribution in [1.82, 2.24) is 4.98 Å². The Bertz CT molecular complexity index is 540. The van der Waals surface area contributed by atoms with Gasteiger partial charge in [0.15, 0.2) is 0 Å². The summed E-state index contributed by atoms with van der Waals surface area (Å²) in [5.74, 6) is 0.0839. The summed E-state index contributed by atoms with van der Waals surface area (Å²) in [5, 5.41) is 8.23. The second-order valence-corrected chi connectivity index (χ2v) is 5.25. The minimum atomic E-state index is 0.0839. The van der Waals surface area contributed by atoms with E-state index in [2.05, 4.69) is 20.9 Å². The van der Waals surface area contributed by atoms with Gasteiger partial charge in [0.05, 0.1) is 4.47 Å². The van der Waals surface area contributed by atoms with Gasteiger partial charge in [0.25, 0.3) is 0 Å². The van der Waals surface area contributed by atoms with Gasteiger partial charge in [-0.3, -0.25) is 5.41 Å². The van der Waals surface area contributed by atoms with E-state index in [-0.39, 0.29) is 5.84 Å². The van der Waals surface area contributed by atoms with Gasteiger partial charge in [-0.2, -0.15) is 0 Å². The SMILES string of the molecule is N=C(N)c1ccc(Sc2ncccc2Br)cc1. The Morgan fingerprint density at radius 2 is 1.94 bits per heavy atom. The van der Waals surface area contributed by atoms with Gasteiger partial charge >= 0.3 is 0 Å². The molecule has 0 aliphatic heterocycles. The van der Waals surface area contributed by atoms with Gasteiger partial charge in [-0.15, -0.1) is 0 Å². The van der Waals surface area contributed by atoms with Crippen molar-refractivity contribution in [2.24, 2.45) is 5.73 Å². The Labute approximate surface area is 112 Å². The highest BCUT2D eigenvalue weighted by Gasteiger charge is 2.03. The van der Waals surface area contributed by atoms with Crippen molar-refractivity contribution >= 4 is 33.5 Å². The normalized spacial score (nSPS) is 10.2. The number of nitrogens with one attached hydrogen (secondary N) is 1. The maximum Gasteiger partial charge on any atom is 0.122 e. The van der Waals surface area contributed by atoms with Crippen LogP contribution in [0.1, 0.15) is 5.56 Å². The highest BCUT2D eigenvalue weighted by molar-refractivity contribution is 9.10. The fourth-order valence-electron chi connectivity index (χ4n) is 1.26. The number of benzene rings is 1. The minimum Gasteiger partial charge on any atom is -0.384 e. The number of nitrogens with two attached hydrogens (primary N) is 1. The number of hydrogen-bond donors (Lipinski definition) is 2. The second kappa shape index (κ2) is 5.33. The molecule has 0 aliphatic rings. The van der Waals surface area contributed by atoms with Gasteiger partial charge in [0.2, 0.25) is 0 Å². The number of hydrogen-bond acceptors (Lipinski definition) is 3. The summed E-state index contributed by atoms with van der Waals surface area (Å²) in [7, 11) is 0. The lowest BCUT2D eigenvalue weighted by Gasteiger charge is -2.04. The Kier molecular flexibility index (Phi) is 3.81. The standard InChI is InChI=1S/C12H10BrN3S/c13-10-2-1-7-16-12(10)17-9-5-3-8(4-6-9)11(14)15/h1-7H,(H3,14,15). The van der Waals surface area contributed by atoms with Crippen LogP contribution in [-0.4, -0.2) is 10.8 Å². The number of pyridine rings is 1. The second-order valence-electron chi connectivity index (χ2n) is 3.33. The fraction of sp³-hybridized carbons (Fsp3) is 0. The minimum absolute atomic E-state index is 0.0839. The first-order valence-corrected chi connectivity index (χ1v) is 6.50. The van der Waals surface area contributed by atoms with Crippen LogP contribution in [0.15, 0.2) is 57.0 Å². The molecule has 1 aromatic heterocycles. The van der Waals surface area contributed by atoms with E-state index in [4.69, 9.17) is 11.1 Å². The molecule has 1 aromatic carbocycles. The van der Waals surface area contributed by atoms with Crippen molar-refractivity contribution in [1.29, 1.82) is 5.41 Å². The van der Waals surface area contributed by atoms with Crippen LogP contribution in [0.3, 0.4) is 0 Å². The van der Waals surface area contributed by atoms with Gasteiger partial charge in [0, 0.05) is 16.7 Å². The van der Waals surface area contributed by atoms with Crippen LogP contribution in [0.5, 0.6) is 0 Å². The van der Waals surface area contributed by atoms with Crippen molar-refractivity contribution in [3.63, 3.8) is 0 Å². The molecule has 0 unspecified atom stereocenters. The molecule has 0 bridgehead atoms. The number of rotatable bonds is 3. The first-order chi connectivity index (χ1) is 8.16. The van der Waals surface area contributed by atoms with Crippen molar-refractivity contribution < 1.29 is 0 Å². The van der Waals surface area contributed by atoms with E-state index in [0.29, 0.717) is 0 Å². The average molecular weight is 308 g/mol. The molecular formula is C12H10BrN3S. The monoisotopic (exact) mass is 307 g/mol. The van der Waals surface area contributed by atoms with E-state index >= 15 is 0 Å². The molecule has 5 heteroatoms. The third-order valence-corrected chi connectivity index (χ3v) is 4.03. The Hall–Kier alpha value is -1.33. The topological polar surface area (TPSA) is 62.8 Å². The molecule has 17 heavy (non-hydrogen) atoms. The summed E-state index contributed by atoms with van der Waals surface area (Å²) in [6, 6.07) is 11.4. The molecule has 0 atom stereocenters. The van der Waals surface area contributed by atoms with Gasteiger partial charge in [-0.25, -0.2) is 4.98 Å². The molecule has 1 heterocycles. The number of nitrogen functional groups attached to an aromatic ring is 1. The zero-order chi connectivity index (χ0) is 12.3. The van der Waals surface area contributed by atoms with Crippen LogP contribution >= 0.6 is 27.7 Å². The quantitative estimate of drug-likeness (QED) is 0.675. The summed E-state index contributed by atoms with van der Waals surface area (Å²) in [4.78, 5) is 5.34. The van der Waals surface area contributed by atoms with Crippen molar-refractivity contribution in [3.05, 3.63) is 52.6 Å². The predicted octanol–water partition coefficient (Wildman–Crippen LogP) is 3.28. The molecule has 3 N–H and O–H groups in total. The highest BCUT2D eigenvalue weighted by atomic mass is 79.9. The molecular weight excluding hydrogens is 298 g/mol. The van der Waals surface area contributed by atoms with E-state index in [1.807, 2.05) is 36.4 Å². The van der Waals surface area contributed by atoms with Crippen molar-refractivity contribution in [2.45, 2.75) is 9.92 Å². The third-order valence-electron chi connectivity index (χ3n) is 2.10. The zero-order valence-electron chi connectivity index (χ0n) is 8.85. The fourth-order valence-corrected chi connectivity index (χ4v) is 2.53. The van der Waals surface area contributed by atoms with Gasteiger partial charge in [0.1, 0.15) is 10.9 Å². The van der Waals surface area contributed by atoms with Crippen LogP contribution in [-0.2, 0) is 0 Å². The number of halogens is 1. The van der Waals surface area contributed by atoms with Crippen molar-refractivity contribution in [2.75, 3.05) is 0 Å². The maximum absolute atomic E-state index is 7.31. The summed E-state index contributed by atoms with van der Waals surface area (Å²) in [6.45, 7) is 0. The Balaban J connectivity index is 2.20. The van der Waals surface area contributed by atoms with Crippen LogP contribution in [0, 0.1) is 5.41 Å². The summed E-state index contributed by atoms with van der Waals surface area (Å²) < 4.78 is 0.973. The summed E-state index contributed by atoms with van der Waals surface area (Å²) in [6.07, 6.45) is 1.76. The molecule has 0 aliphatic carbocycles. The number of aromatic nitrogens is 1. The van der Waals surface area contributed by atoms with E-state index < -0.39 is 0 Å². The molecule has 86 valence electrons. The number of nitrogens with zero attached hydrogens (tertiary/aromatic N) is 1. The maximum atomic E-state index is 7.31. The third kappa shape index (κ3) is 3.08. The molecule has 2 aromatic rings. The van der Waals surface area contributed by atoms with Gasteiger partial charge in [-0.1, -0.05) is 23.9 Å². The predicted molar refractivity (Wildman–Crippen MR) is 73.5 cm³/mol. The first-order valence-electron chi connectivity index (χ1n) is 4.89. The summed E-state index contributed by atoms with van der Waals surface area (Å²) in [5.41, 5.74) is 6.13. The van der Waals surface area contributed by atoms with Crippen LogP contribution in [0.25, 0.3) is 0 Å². The van der Waals surface area contributed by atoms with Crippen LogP contribution in [0.2, 0.25) is 0 Å². The molecule has 0 spiro atoms. The van der Waals surface area contributed by atoms with Crippen LogP contribution in [0.4, 0.5) is 0 Å². The summed E-state index contributed by atoms with van der Waals surface area (Å²) >= 11 is 5.02. The Morgan fingerprint density at radius 1 is 1.24 bits per heavy atom. The smallest absolute Gasteiger partial charge is 0.122 e. The lowest BCUT2D eigenvalue weighted by Crippen LogP contribution is -2.10. The molecule has 0 saturated heterocycles. The van der Waals surface area contributed by atoms with E-state index in [1.54, 1.807) is 18.0 Å². The molecule has 0 fully saturated rings. The zero-order valence-corrected chi connectivity index (χ0v) is 11.3. The molecule has 2 rings (SSSR count). The van der Waals surface area contributed by atoms with Crippen molar-refractivity contribution in [3.8, 4) is 0 Å².